The van der Waals surface area contributed by atoms with Crippen LogP contribution in [-0.4, -0.2) is 10.4 Å². The highest BCUT2D eigenvalue weighted by Crippen LogP contribution is 2.36. The van der Waals surface area contributed by atoms with E-state index < -0.39 is 0 Å². The van der Waals surface area contributed by atoms with Gasteiger partial charge in [0.05, 0.1) is 10.3 Å². The van der Waals surface area contributed by atoms with Gasteiger partial charge in [0, 0.05) is 5.69 Å². The molecular formula is C8H10N2S. The van der Waals surface area contributed by atoms with Gasteiger partial charge in [-0.15, -0.1) is 0 Å². The van der Waals surface area contributed by atoms with E-state index in [9.17, 15) is 0 Å². The van der Waals surface area contributed by atoms with Crippen LogP contribution in [0.25, 0.3) is 0 Å². The van der Waals surface area contributed by atoms with Crippen molar-refractivity contribution in [3.05, 3.63) is 17.8 Å². The van der Waals surface area contributed by atoms with Gasteiger partial charge in [-0.1, -0.05) is 11.8 Å². The summed E-state index contributed by atoms with van der Waals surface area (Å²) in [4.78, 5) is 5.64. The third kappa shape index (κ3) is 1.20. The minimum atomic E-state index is 0.472. The molecule has 3 heteroatoms. The van der Waals surface area contributed by atoms with Crippen LogP contribution >= 0.6 is 11.8 Å². The van der Waals surface area contributed by atoms with Gasteiger partial charge in [-0.3, -0.25) is 0 Å². The summed E-state index contributed by atoms with van der Waals surface area (Å²) in [6, 6.07) is 4.17. The third-order valence-corrected chi connectivity index (χ3v) is 2.70. The molecule has 0 bridgehead atoms. The molecule has 0 spiro atoms. The molecular weight excluding hydrogens is 156 g/mol. The number of fused-ring (bicyclic) bond motifs is 1. The van der Waals surface area contributed by atoms with E-state index in [0.29, 0.717) is 5.37 Å². The van der Waals surface area contributed by atoms with Crippen LogP contribution in [0, 0.1) is 6.92 Å². The number of thioether (sulfide) groups is 1. The molecule has 1 aromatic rings. The van der Waals surface area contributed by atoms with Crippen molar-refractivity contribution in [2.75, 3.05) is 5.32 Å². The largest absolute Gasteiger partial charge is 0.357 e. The van der Waals surface area contributed by atoms with Gasteiger partial charge in [0.2, 0.25) is 0 Å². The first-order valence-electron chi connectivity index (χ1n) is 3.66. The van der Waals surface area contributed by atoms with Crippen molar-refractivity contribution in [3.8, 4) is 0 Å². The van der Waals surface area contributed by atoms with Crippen molar-refractivity contribution in [3.63, 3.8) is 0 Å². The highest BCUT2D eigenvalue weighted by molar-refractivity contribution is 8.00. The van der Waals surface area contributed by atoms with Gasteiger partial charge >= 0.3 is 0 Å². The Balaban J connectivity index is 2.43. The average Bonchev–Trinajstić information content (AvgIpc) is 2.27. The van der Waals surface area contributed by atoms with Crippen LogP contribution in [-0.2, 0) is 0 Å². The lowest BCUT2D eigenvalue weighted by atomic mass is 10.4. The van der Waals surface area contributed by atoms with Crippen LogP contribution in [0.3, 0.4) is 0 Å². The van der Waals surface area contributed by atoms with E-state index in [-0.39, 0.29) is 0 Å². The number of pyridine rings is 1. The van der Waals surface area contributed by atoms with Crippen LogP contribution in [0.5, 0.6) is 0 Å². The molecule has 11 heavy (non-hydrogen) atoms. The molecule has 0 amide bonds. The zero-order valence-corrected chi connectivity index (χ0v) is 7.40. The second-order valence-electron chi connectivity index (χ2n) is 2.70. The van der Waals surface area contributed by atoms with Crippen molar-refractivity contribution >= 4 is 17.6 Å². The Hall–Kier alpha value is -0.700. The van der Waals surface area contributed by atoms with Crippen molar-refractivity contribution < 1.29 is 0 Å². The summed E-state index contributed by atoms with van der Waals surface area (Å²) in [6.45, 7) is 4.15. The molecule has 2 nitrogen and oxygen atoms in total. The molecule has 0 saturated heterocycles. The molecule has 58 valence electrons. The maximum atomic E-state index is 4.37. The van der Waals surface area contributed by atoms with Crippen LogP contribution in [0.4, 0.5) is 5.82 Å². The third-order valence-electron chi connectivity index (χ3n) is 1.64. The first-order valence-corrected chi connectivity index (χ1v) is 4.54. The summed E-state index contributed by atoms with van der Waals surface area (Å²) in [5, 5.41) is 3.76. The second-order valence-corrected chi connectivity index (χ2v) is 4.09. The standard InChI is InChI=1S/C8H10N2S/c1-5-3-4-7-8(9-5)10-6(2)11-7/h3-4,6H,1-2H3,(H,9,10). The lowest BCUT2D eigenvalue weighted by Gasteiger charge is -1.99. The number of aromatic nitrogens is 1. The Bertz CT molecular complexity index is 285. The lowest BCUT2D eigenvalue weighted by Crippen LogP contribution is -2.04. The molecule has 1 aliphatic rings. The molecule has 0 saturated carbocycles. The van der Waals surface area contributed by atoms with E-state index in [1.165, 1.54) is 4.90 Å². The Morgan fingerprint density at radius 3 is 3.18 bits per heavy atom. The topological polar surface area (TPSA) is 24.9 Å². The molecule has 0 fully saturated rings. The maximum absolute atomic E-state index is 4.37. The van der Waals surface area contributed by atoms with Crippen molar-refractivity contribution in [1.29, 1.82) is 0 Å². The van der Waals surface area contributed by atoms with E-state index in [1.807, 2.05) is 24.8 Å². The number of anilines is 1. The fraction of sp³-hybridized carbons (Fsp3) is 0.375. The zero-order chi connectivity index (χ0) is 7.84. The average molecular weight is 166 g/mol. The van der Waals surface area contributed by atoms with Gasteiger partial charge < -0.3 is 5.32 Å². The highest BCUT2D eigenvalue weighted by Gasteiger charge is 2.17. The summed E-state index contributed by atoms with van der Waals surface area (Å²) >= 11 is 1.83. The number of nitrogens with zero attached hydrogens (tertiary/aromatic N) is 1. The zero-order valence-electron chi connectivity index (χ0n) is 6.59. The van der Waals surface area contributed by atoms with Crippen LogP contribution in [0.2, 0.25) is 0 Å². The fourth-order valence-corrected chi connectivity index (χ4v) is 2.07. The molecule has 0 aromatic carbocycles. The molecule has 1 atom stereocenters. The van der Waals surface area contributed by atoms with Gasteiger partial charge in [-0.2, -0.15) is 0 Å². The molecule has 1 aromatic heterocycles. The van der Waals surface area contributed by atoms with Gasteiger partial charge in [-0.05, 0) is 26.0 Å². The molecule has 1 aliphatic heterocycles. The minimum absolute atomic E-state index is 0.472. The monoisotopic (exact) mass is 166 g/mol. The summed E-state index contributed by atoms with van der Waals surface area (Å²) in [5.74, 6) is 1.04. The summed E-state index contributed by atoms with van der Waals surface area (Å²) in [7, 11) is 0. The molecule has 0 aliphatic carbocycles. The van der Waals surface area contributed by atoms with Crippen LogP contribution < -0.4 is 5.32 Å². The van der Waals surface area contributed by atoms with E-state index in [1.54, 1.807) is 0 Å². The van der Waals surface area contributed by atoms with Crippen molar-refractivity contribution in [2.45, 2.75) is 24.1 Å². The molecule has 2 heterocycles. The molecule has 0 radical (unpaired) electrons. The summed E-state index contributed by atoms with van der Waals surface area (Å²) < 4.78 is 0. The quantitative estimate of drug-likeness (QED) is 0.640. The smallest absolute Gasteiger partial charge is 0.140 e. The number of rotatable bonds is 0. The van der Waals surface area contributed by atoms with Crippen molar-refractivity contribution in [2.24, 2.45) is 0 Å². The minimum Gasteiger partial charge on any atom is -0.357 e. The molecule has 1 N–H and O–H groups in total. The second kappa shape index (κ2) is 2.41. The summed E-state index contributed by atoms with van der Waals surface area (Å²) in [6.07, 6.45) is 0. The summed E-state index contributed by atoms with van der Waals surface area (Å²) in [5.41, 5.74) is 1.07. The number of hydrogen-bond donors (Lipinski definition) is 1. The van der Waals surface area contributed by atoms with E-state index in [4.69, 9.17) is 0 Å². The van der Waals surface area contributed by atoms with Crippen LogP contribution in [0.15, 0.2) is 17.0 Å². The first kappa shape index (κ1) is 6.98. The Labute approximate surface area is 70.4 Å². The Kier molecular flexibility index (Phi) is 1.53. The predicted octanol–water partition coefficient (Wildman–Crippen LogP) is 2.25. The van der Waals surface area contributed by atoms with E-state index in [2.05, 4.69) is 23.3 Å². The van der Waals surface area contributed by atoms with Gasteiger partial charge in [0.15, 0.2) is 0 Å². The van der Waals surface area contributed by atoms with Gasteiger partial charge in [0.25, 0.3) is 0 Å². The molecule has 1 unspecified atom stereocenters. The number of aryl methyl sites for hydroxylation is 1. The normalized spacial score (nSPS) is 21.1. The van der Waals surface area contributed by atoms with Gasteiger partial charge in [0.1, 0.15) is 5.82 Å². The molecule has 2 rings (SSSR count). The number of hydrogen-bond acceptors (Lipinski definition) is 3. The Morgan fingerprint density at radius 1 is 1.55 bits per heavy atom. The van der Waals surface area contributed by atoms with E-state index in [0.717, 1.165) is 11.5 Å². The number of nitrogens with one attached hydrogen (secondary N) is 1. The Morgan fingerprint density at radius 2 is 2.36 bits per heavy atom. The predicted molar refractivity (Wildman–Crippen MR) is 47.9 cm³/mol. The maximum Gasteiger partial charge on any atom is 0.140 e. The lowest BCUT2D eigenvalue weighted by molar-refractivity contribution is 1.09. The van der Waals surface area contributed by atoms with Crippen LogP contribution in [0.1, 0.15) is 12.6 Å². The first-order chi connectivity index (χ1) is 5.25. The highest BCUT2D eigenvalue weighted by atomic mass is 32.2. The fourth-order valence-electron chi connectivity index (χ4n) is 1.15. The van der Waals surface area contributed by atoms with Gasteiger partial charge in [-0.25, -0.2) is 4.98 Å². The van der Waals surface area contributed by atoms with E-state index >= 15 is 0 Å². The van der Waals surface area contributed by atoms with Crippen molar-refractivity contribution in [1.82, 2.24) is 4.98 Å². The SMILES string of the molecule is Cc1ccc2c(n1)NC(C)S2.